The summed E-state index contributed by atoms with van der Waals surface area (Å²) < 4.78 is 15.3. The Morgan fingerprint density at radius 2 is 2.04 bits per heavy atom. The van der Waals surface area contributed by atoms with E-state index in [0.717, 1.165) is 5.75 Å². The van der Waals surface area contributed by atoms with Gasteiger partial charge in [-0.1, -0.05) is 59.3 Å². The van der Waals surface area contributed by atoms with Gasteiger partial charge in [-0.2, -0.15) is 9.78 Å². The highest BCUT2D eigenvalue weighted by Crippen LogP contribution is 2.21. The highest BCUT2D eigenvalue weighted by molar-refractivity contribution is 7.98. The lowest BCUT2D eigenvalue weighted by atomic mass is 10.2. The van der Waals surface area contributed by atoms with Gasteiger partial charge in [0.05, 0.1) is 11.2 Å². The van der Waals surface area contributed by atoms with Crippen LogP contribution in [0, 0.1) is 12.7 Å². The second-order valence-corrected chi connectivity index (χ2v) is 6.46. The van der Waals surface area contributed by atoms with Gasteiger partial charge in [0, 0.05) is 11.3 Å². The third-order valence-electron chi connectivity index (χ3n) is 3.30. The van der Waals surface area contributed by atoms with Gasteiger partial charge in [0.1, 0.15) is 12.1 Å². The van der Waals surface area contributed by atoms with Crippen LogP contribution in [0.2, 0.25) is 5.02 Å². The average molecular weight is 361 g/mol. The fourth-order valence-corrected chi connectivity index (χ4v) is 3.01. The van der Waals surface area contributed by atoms with E-state index in [1.54, 1.807) is 12.1 Å². The number of rotatable bonds is 5. The molecule has 0 unspecified atom stereocenters. The second-order valence-electron chi connectivity index (χ2n) is 5.11. The minimum Gasteiger partial charge on any atom is -0.206 e. The number of thioether (sulfide) groups is 1. The zero-order valence-corrected chi connectivity index (χ0v) is 14.4. The predicted octanol–water partition coefficient (Wildman–Crippen LogP) is 4.55. The molecular formula is C17H14ClFN4S. The molecule has 1 aromatic heterocycles. The van der Waals surface area contributed by atoms with Gasteiger partial charge in [-0.05, 0) is 24.6 Å². The zero-order valence-electron chi connectivity index (χ0n) is 12.9. The summed E-state index contributed by atoms with van der Waals surface area (Å²) in [6.07, 6.45) is 2.85. The zero-order chi connectivity index (χ0) is 16.9. The molecular weight excluding hydrogens is 347 g/mol. The molecule has 0 saturated carbocycles. The van der Waals surface area contributed by atoms with Gasteiger partial charge < -0.3 is 0 Å². The molecule has 4 nitrogen and oxygen atoms in total. The molecule has 0 radical (unpaired) electrons. The van der Waals surface area contributed by atoms with Crippen molar-refractivity contribution in [2.75, 3.05) is 0 Å². The molecule has 0 amide bonds. The van der Waals surface area contributed by atoms with Crippen LogP contribution in [0.5, 0.6) is 0 Å². The number of hydrogen-bond acceptors (Lipinski definition) is 4. The topological polar surface area (TPSA) is 43.1 Å². The quantitative estimate of drug-likeness (QED) is 0.495. The fraction of sp³-hybridized carbons (Fsp3) is 0.118. The van der Waals surface area contributed by atoms with Crippen LogP contribution in [0.1, 0.15) is 16.7 Å². The van der Waals surface area contributed by atoms with Crippen molar-refractivity contribution in [2.24, 2.45) is 5.10 Å². The Hall–Kier alpha value is -2.18. The lowest BCUT2D eigenvalue weighted by molar-refractivity contribution is 0.625. The molecule has 0 fully saturated rings. The molecule has 0 N–H and O–H groups in total. The van der Waals surface area contributed by atoms with Crippen LogP contribution in [0.4, 0.5) is 4.39 Å². The molecule has 24 heavy (non-hydrogen) atoms. The summed E-state index contributed by atoms with van der Waals surface area (Å²) in [5.74, 6) is 0.322. The lowest BCUT2D eigenvalue weighted by Gasteiger charge is -2.03. The van der Waals surface area contributed by atoms with E-state index >= 15 is 0 Å². The maximum Gasteiger partial charge on any atom is 0.212 e. The summed E-state index contributed by atoms with van der Waals surface area (Å²) in [5, 5.41) is 13.0. The molecule has 0 aliphatic carbocycles. The molecule has 0 spiro atoms. The monoisotopic (exact) mass is 360 g/mol. The Labute approximate surface area is 148 Å². The van der Waals surface area contributed by atoms with E-state index in [2.05, 4.69) is 46.5 Å². The SMILES string of the molecule is Cc1ccc(CSc2nncn2/N=C\c2c(F)cccc2Cl)cc1. The number of nitrogens with zero attached hydrogens (tertiary/aromatic N) is 4. The van der Waals surface area contributed by atoms with Crippen LogP contribution in [0.15, 0.2) is 59.0 Å². The standard InChI is InChI=1S/C17H14ClFN4S/c1-12-5-7-13(8-6-12)10-24-17-22-20-11-23(17)21-9-14-15(18)3-2-4-16(14)19/h2-9,11H,10H2,1H3/b21-9-. The molecule has 0 saturated heterocycles. The van der Waals surface area contributed by atoms with Crippen LogP contribution in [-0.4, -0.2) is 21.1 Å². The van der Waals surface area contributed by atoms with Crippen LogP contribution in [0.3, 0.4) is 0 Å². The van der Waals surface area contributed by atoms with Gasteiger partial charge >= 0.3 is 0 Å². The second kappa shape index (κ2) is 7.59. The van der Waals surface area contributed by atoms with Crippen molar-refractivity contribution >= 4 is 29.6 Å². The van der Waals surface area contributed by atoms with Crippen LogP contribution >= 0.6 is 23.4 Å². The molecule has 0 aliphatic heterocycles. The predicted molar refractivity (Wildman–Crippen MR) is 95.2 cm³/mol. The number of aromatic nitrogens is 3. The third kappa shape index (κ3) is 4.01. The molecule has 3 rings (SSSR count). The van der Waals surface area contributed by atoms with Gasteiger partial charge in [0.2, 0.25) is 5.16 Å². The number of halogens is 2. The van der Waals surface area contributed by atoms with Crippen molar-refractivity contribution in [3.8, 4) is 0 Å². The Morgan fingerprint density at radius 3 is 2.79 bits per heavy atom. The third-order valence-corrected chi connectivity index (χ3v) is 4.63. The first-order chi connectivity index (χ1) is 11.6. The van der Waals surface area contributed by atoms with Crippen molar-refractivity contribution in [3.05, 3.63) is 76.3 Å². The van der Waals surface area contributed by atoms with Crippen LogP contribution < -0.4 is 0 Å². The summed E-state index contributed by atoms with van der Waals surface area (Å²) in [5.41, 5.74) is 2.64. The van der Waals surface area contributed by atoms with E-state index in [-0.39, 0.29) is 5.56 Å². The highest BCUT2D eigenvalue weighted by Gasteiger charge is 2.07. The summed E-state index contributed by atoms with van der Waals surface area (Å²) in [6.45, 7) is 2.05. The van der Waals surface area contributed by atoms with E-state index in [1.165, 1.54) is 46.2 Å². The Bertz CT molecular complexity index is 841. The van der Waals surface area contributed by atoms with Crippen molar-refractivity contribution in [2.45, 2.75) is 17.8 Å². The molecule has 7 heteroatoms. The Morgan fingerprint density at radius 1 is 1.25 bits per heavy atom. The van der Waals surface area contributed by atoms with Crippen LogP contribution in [0.25, 0.3) is 0 Å². The molecule has 0 aliphatic rings. The van der Waals surface area contributed by atoms with Crippen molar-refractivity contribution in [1.82, 2.24) is 14.9 Å². The maximum atomic E-state index is 13.8. The lowest BCUT2D eigenvalue weighted by Crippen LogP contribution is -1.95. The van der Waals surface area contributed by atoms with E-state index in [1.807, 2.05) is 0 Å². The molecule has 0 bridgehead atoms. The normalized spacial score (nSPS) is 11.3. The fourth-order valence-electron chi connectivity index (χ4n) is 1.98. The Balaban J connectivity index is 1.73. The van der Waals surface area contributed by atoms with E-state index < -0.39 is 5.82 Å². The van der Waals surface area contributed by atoms with Gasteiger partial charge in [-0.25, -0.2) is 4.39 Å². The summed E-state index contributed by atoms with van der Waals surface area (Å²) >= 11 is 7.49. The molecule has 122 valence electrons. The number of benzene rings is 2. The molecule has 0 atom stereocenters. The summed E-state index contributed by atoms with van der Waals surface area (Å²) in [4.78, 5) is 0. The first kappa shape index (κ1) is 16.7. The van der Waals surface area contributed by atoms with E-state index in [0.29, 0.717) is 10.2 Å². The summed E-state index contributed by atoms with van der Waals surface area (Å²) in [7, 11) is 0. The first-order valence-electron chi connectivity index (χ1n) is 7.20. The molecule has 1 heterocycles. The van der Waals surface area contributed by atoms with Gasteiger partial charge in [-0.15, -0.1) is 10.2 Å². The van der Waals surface area contributed by atoms with E-state index in [4.69, 9.17) is 11.6 Å². The van der Waals surface area contributed by atoms with Crippen molar-refractivity contribution in [1.29, 1.82) is 0 Å². The van der Waals surface area contributed by atoms with Crippen molar-refractivity contribution < 1.29 is 4.39 Å². The van der Waals surface area contributed by atoms with Crippen molar-refractivity contribution in [3.63, 3.8) is 0 Å². The smallest absolute Gasteiger partial charge is 0.206 e. The Kier molecular flexibility index (Phi) is 5.27. The number of hydrogen-bond donors (Lipinski definition) is 0. The first-order valence-corrected chi connectivity index (χ1v) is 8.56. The van der Waals surface area contributed by atoms with Crippen LogP contribution in [-0.2, 0) is 5.75 Å². The van der Waals surface area contributed by atoms with Gasteiger partial charge in [0.15, 0.2) is 0 Å². The largest absolute Gasteiger partial charge is 0.212 e. The highest BCUT2D eigenvalue weighted by atomic mass is 35.5. The molecule has 2 aromatic carbocycles. The average Bonchev–Trinajstić information content (AvgIpc) is 3.01. The minimum absolute atomic E-state index is 0.238. The van der Waals surface area contributed by atoms with Gasteiger partial charge in [-0.3, -0.25) is 0 Å². The van der Waals surface area contributed by atoms with Gasteiger partial charge in [0.25, 0.3) is 0 Å². The minimum atomic E-state index is -0.423. The van der Waals surface area contributed by atoms with E-state index in [9.17, 15) is 4.39 Å². The molecule has 3 aromatic rings. The summed E-state index contributed by atoms with van der Waals surface area (Å²) in [6, 6.07) is 12.8. The number of aryl methyl sites for hydroxylation is 1. The maximum absolute atomic E-state index is 13.8.